The first kappa shape index (κ1) is 17.8. The third kappa shape index (κ3) is 3.23. The number of carbonyl (C=O) groups excluding carboxylic acids is 1. The second-order valence-corrected chi connectivity index (χ2v) is 6.69. The molecule has 3 aromatic rings. The molecule has 1 aliphatic heterocycles. The lowest BCUT2D eigenvalue weighted by Gasteiger charge is -2.17. The average molecular weight is 372 g/mol. The third-order valence-corrected chi connectivity index (χ3v) is 4.87. The lowest BCUT2D eigenvalue weighted by Crippen LogP contribution is -2.28. The zero-order valence-corrected chi connectivity index (χ0v) is 15.2. The maximum Gasteiger partial charge on any atom is 0.254 e. The minimum atomic E-state index is -0.505. The van der Waals surface area contributed by atoms with Crippen LogP contribution in [0.5, 0.6) is 0 Å². The second kappa shape index (κ2) is 7.21. The van der Waals surface area contributed by atoms with Crippen molar-refractivity contribution in [2.75, 3.05) is 13.1 Å². The van der Waals surface area contributed by atoms with Crippen LogP contribution in [0, 0.1) is 5.41 Å². The van der Waals surface area contributed by atoms with E-state index in [1.807, 2.05) is 30.4 Å². The molecule has 7 nitrogen and oxygen atoms in total. The fraction of sp³-hybridized carbons (Fsp3) is 0.143. The van der Waals surface area contributed by atoms with Gasteiger partial charge in [0, 0.05) is 29.6 Å². The molecule has 1 unspecified atom stereocenters. The Balaban J connectivity index is 1.71. The summed E-state index contributed by atoms with van der Waals surface area (Å²) in [6.07, 6.45) is 5.42. The van der Waals surface area contributed by atoms with Crippen LogP contribution in [-0.4, -0.2) is 39.7 Å². The van der Waals surface area contributed by atoms with Crippen molar-refractivity contribution in [2.24, 2.45) is 11.5 Å². The number of carbonyl (C=O) groups is 1. The quantitative estimate of drug-likeness (QED) is 0.367. The smallest absolute Gasteiger partial charge is 0.254 e. The molecule has 1 atom stereocenters. The summed E-state index contributed by atoms with van der Waals surface area (Å²) in [4.78, 5) is 23.1. The van der Waals surface area contributed by atoms with Crippen LogP contribution in [0.1, 0.15) is 33.2 Å². The van der Waals surface area contributed by atoms with E-state index < -0.39 is 6.04 Å². The lowest BCUT2D eigenvalue weighted by atomic mass is 9.98. The van der Waals surface area contributed by atoms with Gasteiger partial charge in [-0.1, -0.05) is 36.4 Å². The number of rotatable bonds is 4. The van der Waals surface area contributed by atoms with Gasteiger partial charge in [-0.15, -0.1) is 0 Å². The fourth-order valence-corrected chi connectivity index (χ4v) is 3.34. The Hall–Kier alpha value is -3.58. The van der Waals surface area contributed by atoms with Gasteiger partial charge in [-0.3, -0.25) is 10.2 Å². The molecule has 1 amide bonds. The van der Waals surface area contributed by atoms with E-state index >= 15 is 0 Å². The third-order valence-electron chi connectivity index (χ3n) is 4.87. The fourth-order valence-electron chi connectivity index (χ4n) is 3.34. The van der Waals surface area contributed by atoms with Gasteiger partial charge in [-0.05, 0) is 23.8 Å². The van der Waals surface area contributed by atoms with E-state index in [0.29, 0.717) is 35.4 Å². The average Bonchev–Trinajstić information content (AvgIpc) is 3.26. The Morgan fingerprint density at radius 1 is 1.07 bits per heavy atom. The minimum Gasteiger partial charge on any atom is -0.384 e. The molecule has 2 aromatic carbocycles. The number of hydrogen-bond acceptors (Lipinski definition) is 5. The number of amides is 1. The van der Waals surface area contributed by atoms with Crippen molar-refractivity contribution in [3.8, 4) is 0 Å². The number of fused-ring (bicyclic) bond motifs is 1. The van der Waals surface area contributed by atoms with Gasteiger partial charge in [0.2, 0.25) is 0 Å². The molecule has 4 rings (SSSR count). The predicted molar refractivity (Wildman–Crippen MR) is 108 cm³/mol. The zero-order valence-electron chi connectivity index (χ0n) is 15.2. The zero-order chi connectivity index (χ0) is 19.7. The molecule has 0 fully saturated rings. The van der Waals surface area contributed by atoms with E-state index in [4.69, 9.17) is 16.9 Å². The number of hydrogen-bond donors (Lipinski definition) is 3. The molecule has 0 saturated heterocycles. The molecule has 1 aromatic heterocycles. The molecule has 0 saturated carbocycles. The molecular weight excluding hydrogens is 352 g/mol. The topological polar surface area (TPSA) is 122 Å². The molecule has 1 aliphatic rings. The predicted octanol–water partition coefficient (Wildman–Crippen LogP) is 1.97. The summed E-state index contributed by atoms with van der Waals surface area (Å²) in [5.41, 5.74) is 15.4. The van der Waals surface area contributed by atoms with E-state index in [1.165, 1.54) is 6.33 Å². The summed E-state index contributed by atoms with van der Waals surface area (Å²) in [5.74, 6) is -0.0355. The van der Waals surface area contributed by atoms with Crippen molar-refractivity contribution in [3.63, 3.8) is 0 Å². The van der Waals surface area contributed by atoms with Gasteiger partial charge in [-0.25, -0.2) is 9.97 Å². The summed E-state index contributed by atoms with van der Waals surface area (Å²) < 4.78 is 0. The number of nitrogens with zero attached hydrogens (tertiary/aromatic N) is 3. The van der Waals surface area contributed by atoms with Gasteiger partial charge in [0.15, 0.2) is 0 Å². The van der Waals surface area contributed by atoms with Crippen molar-refractivity contribution < 1.29 is 4.79 Å². The van der Waals surface area contributed by atoms with E-state index in [2.05, 4.69) is 9.97 Å². The van der Waals surface area contributed by atoms with Crippen LogP contribution in [0.15, 0.2) is 60.9 Å². The normalized spacial score (nSPS) is 14.4. The number of aromatic nitrogens is 2. The molecule has 0 bridgehead atoms. The maximum absolute atomic E-state index is 12.6. The van der Waals surface area contributed by atoms with Crippen molar-refractivity contribution in [1.29, 1.82) is 5.41 Å². The highest BCUT2D eigenvalue weighted by molar-refractivity contribution is 5.98. The summed E-state index contributed by atoms with van der Waals surface area (Å²) in [6, 6.07) is 12.2. The summed E-state index contributed by atoms with van der Waals surface area (Å²) in [7, 11) is 0. The van der Waals surface area contributed by atoms with Crippen LogP contribution in [0.2, 0.25) is 0 Å². The SMILES string of the molecule is N=C(N)c1cccc(C(N)c2ncnc3cc(C(=O)N4CC=CC4)ccc23)c1. The van der Waals surface area contributed by atoms with Crippen molar-refractivity contribution in [2.45, 2.75) is 6.04 Å². The van der Waals surface area contributed by atoms with Crippen molar-refractivity contribution >= 4 is 22.6 Å². The summed E-state index contributed by atoms with van der Waals surface area (Å²) >= 11 is 0. The van der Waals surface area contributed by atoms with Crippen LogP contribution in [0.3, 0.4) is 0 Å². The molecule has 28 heavy (non-hydrogen) atoms. The molecule has 5 N–H and O–H groups in total. The van der Waals surface area contributed by atoms with E-state index in [1.54, 1.807) is 29.2 Å². The van der Waals surface area contributed by atoms with E-state index in [-0.39, 0.29) is 11.7 Å². The van der Waals surface area contributed by atoms with Gasteiger partial charge < -0.3 is 16.4 Å². The Bertz CT molecular complexity index is 1100. The lowest BCUT2D eigenvalue weighted by molar-refractivity contribution is 0.0800. The molecule has 0 spiro atoms. The highest BCUT2D eigenvalue weighted by Crippen LogP contribution is 2.26. The number of amidine groups is 1. The molecule has 2 heterocycles. The minimum absolute atomic E-state index is 0.0128. The number of nitrogens with one attached hydrogen (secondary N) is 1. The number of benzene rings is 2. The highest BCUT2D eigenvalue weighted by atomic mass is 16.2. The Labute approximate surface area is 162 Å². The van der Waals surface area contributed by atoms with E-state index in [0.717, 1.165) is 10.9 Å². The van der Waals surface area contributed by atoms with Gasteiger partial charge in [0.1, 0.15) is 12.2 Å². The first-order valence-corrected chi connectivity index (χ1v) is 8.93. The largest absolute Gasteiger partial charge is 0.384 e. The highest BCUT2D eigenvalue weighted by Gasteiger charge is 2.19. The first-order valence-electron chi connectivity index (χ1n) is 8.93. The van der Waals surface area contributed by atoms with Crippen molar-refractivity contribution in [3.05, 3.63) is 83.3 Å². The number of nitrogens with two attached hydrogens (primary N) is 2. The summed E-state index contributed by atoms with van der Waals surface area (Å²) in [6.45, 7) is 1.26. The molecule has 140 valence electrons. The van der Waals surface area contributed by atoms with Gasteiger partial charge in [-0.2, -0.15) is 0 Å². The van der Waals surface area contributed by atoms with Crippen LogP contribution in [-0.2, 0) is 0 Å². The molecular formula is C21H20N6O. The summed E-state index contributed by atoms with van der Waals surface area (Å²) in [5, 5.41) is 8.41. The van der Waals surface area contributed by atoms with Crippen molar-refractivity contribution in [1.82, 2.24) is 14.9 Å². The molecule has 7 heteroatoms. The monoisotopic (exact) mass is 372 g/mol. The Kier molecular flexibility index (Phi) is 4.58. The van der Waals surface area contributed by atoms with Gasteiger partial charge >= 0.3 is 0 Å². The van der Waals surface area contributed by atoms with Crippen LogP contribution >= 0.6 is 0 Å². The first-order chi connectivity index (χ1) is 13.5. The van der Waals surface area contributed by atoms with Crippen LogP contribution in [0.25, 0.3) is 10.9 Å². The molecule has 0 aliphatic carbocycles. The standard InChI is InChI=1S/C21H20N6O/c22-18(13-4-3-5-14(10-13)20(23)24)19-16-7-6-15(11-17(16)25-12-26-19)21(28)27-8-1-2-9-27/h1-7,10-12,18H,8-9,22H2,(H3,23,24). The van der Waals surface area contributed by atoms with Crippen LogP contribution < -0.4 is 11.5 Å². The maximum atomic E-state index is 12.6. The van der Waals surface area contributed by atoms with Gasteiger partial charge in [0.05, 0.1) is 17.3 Å². The van der Waals surface area contributed by atoms with E-state index in [9.17, 15) is 4.79 Å². The Morgan fingerprint density at radius 2 is 1.86 bits per heavy atom. The molecule has 0 radical (unpaired) electrons. The second-order valence-electron chi connectivity index (χ2n) is 6.69. The van der Waals surface area contributed by atoms with Gasteiger partial charge in [0.25, 0.3) is 5.91 Å². The number of nitrogen functional groups attached to an aromatic ring is 1. The van der Waals surface area contributed by atoms with Crippen LogP contribution in [0.4, 0.5) is 0 Å². The Morgan fingerprint density at radius 3 is 2.61 bits per heavy atom.